The number of para-hydroxylation sites is 1. The van der Waals surface area contributed by atoms with Gasteiger partial charge < -0.3 is 24.2 Å². The number of amides is 1. The summed E-state index contributed by atoms with van der Waals surface area (Å²) in [5.41, 5.74) is 1.51. The third-order valence-electron chi connectivity index (χ3n) is 11.5. The summed E-state index contributed by atoms with van der Waals surface area (Å²) in [5.74, 6) is -4.51. The molecule has 7 rings (SSSR count). The van der Waals surface area contributed by atoms with E-state index in [9.17, 15) is 24.3 Å². The van der Waals surface area contributed by atoms with Crippen molar-refractivity contribution in [3.8, 4) is 0 Å². The summed E-state index contributed by atoms with van der Waals surface area (Å²) >= 11 is 0. The molecule has 0 unspecified atom stereocenters. The molecule has 4 aliphatic heterocycles. The Hall–Kier alpha value is -3.66. The number of hydrogen-bond donors (Lipinski definition) is 1. The summed E-state index contributed by atoms with van der Waals surface area (Å²) in [7, 11) is 0. The number of fused-ring (bicyclic) bond motifs is 1. The minimum absolute atomic E-state index is 0.0684. The number of nitrogens with zero attached hydrogens (tertiary/aromatic N) is 1. The zero-order valence-corrected chi connectivity index (χ0v) is 27.8. The number of aliphatic hydroxyl groups is 1. The number of unbranched alkanes of at least 4 members (excludes halogenated alkanes) is 3. The van der Waals surface area contributed by atoms with Crippen LogP contribution < -0.4 is 4.90 Å². The van der Waals surface area contributed by atoms with Crippen molar-refractivity contribution in [3.05, 3.63) is 76.9 Å². The lowest BCUT2D eigenvalue weighted by Crippen LogP contribution is -2.59. The van der Waals surface area contributed by atoms with E-state index >= 15 is 0 Å². The molecule has 1 N–H and O–H groups in total. The highest BCUT2D eigenvalue weighted by Crippen LogP contribution is 2.68. The van der Waals surface area contributed by atoms with Gasteiger partial charge in [-0.3, -0.25) is 9.59 Å². The third kappa shape index (κ3) is 5.26. The molecule has 9 heteroatoms. The second-order valence-corrected chi connectivity index (χ2v) is 14.1. The van der Waals surface area contributed by atoms with Crippen LogP contribution >= 0.6 is 0 Å². The predicted molar refractivity (Wildman–Crippen MR) is 177 cm³/mol. The summed E-state index contributed by atoms with van der Waals surface area (Å²) in [4.78, 5) is 56.6. The van der Waals surface area contributed by atoms with Crippen molar-refractivity contribution in [2.24, 2.45) is 23.2 Å². The van der Waals surface area contributed by atoms with Gasteiger partial charge in [-0.25, -0.2) is 9.59 Å². The second-order valence-electron chi connectivity index (χ2n) is 14.1. The van der Waals surface area contributed by atoms with E-state index in [0.717, 1.165) is 49.8 Å². The van der Waals surface area contributed by atoms with Gasteiger partial charge >= 0.3 is 11.9 Å². The third-order valence-corrected chi connectivity index (χ3v) is 11.5. The fraction of sp³-hybridized carbons (Fsp3) is 0.538. The van der Waals surface area contributed by atoms with Gasteiger partial charge in [-0.15, -0.1) is 0 Å². The van der Waals surface area contributed by atoms with Crippen LogP contribution in [0.4, 0.5) is 5.69 Å². The van der Waals surface area contributed by atoms with Gasteiger partial charge in [0.05, 0.1) is 16.9 Å². The van der Waals surface area contributed by atoms with Crippen molar-refractivity contribution >= 4 is 29.3 Å². The fourth-order valence-corrected chi connectivity index (χ4v) is 9.25. The quantitative estimate of drug-likeness (QED) is 0.130. The van der Waals surface area contributed by atoms with Crippen LogP contribution in [0.25, 0.3) is 0 Å². The van der Waals surface area contributed by atoms with Crippen molar-refractivity contribution in [1.82, 2.24) is 0 Å². The number of benzene rings is 1. The van der Waals surface area contributed by atoms with Gasteiger partial charge in [0.25, 0.3) is 0 Å². The van der Waals surface area contributed by atoms with Crippen molar-refractivity contribution in [1.29, 1.82) is 0 Å². The molecule has 5 bridgehead atoms. The Labute approximate surface area is 281 Å². The lowest BCUT2D eigenvalue weighted by atomic mass is 9.59. The first-order chi connectivity index (χ1) is 23.2. The summed E-state index contributed by atoms with van der Waals surface area (Å²) in [6.45, 7) is 4.43. The molecule has 0 saturated carbocycles. The number of allylic oxidation sites excluding steroid dienone is 5. The van der Waals surface area contributed by atoms with Crippen molar-refractivity contribution in [3.63, 3.8) is 0 Å². The number of ketones is 1. The second kappa shape index (κ2) is 13.0. The van der Waals surface area contributed by atoms with Crippen LogP contribution in [0.3, 0.4) is 0 Å². The van der Waals surface area contributed by atoms with Crippen molar-refractivity contribution < 1.29 is 38.5 Å². The highest BCUT2D eigenvalue weighted by Gasteiger charge is 2.74. The maximum Gasteiger partial charge on any atom is 0.342 e. The molecular weight excluding hydrogens is 610 g/mol. The molecule has 48 heavy (non-hydrogen) atoms. The van der Waals surface area contributed by atoms with Gasteiger partial charge in [0.2, 0.25) is 11.7 Å². The maximum absolute atomic E-state index is 14.3. The monoisotopic (exact) mass is 655 g/mol. The first-order valence-electron chi connectivity index (χ1n) is 17.6. The average Bonchev–Trinajstić information content (AvgIpc) is 3.66. The van der Waals surface area contributed by atoms with Crippen LogP contribution in [0.1, 0.15) is 83.6 Å². The molecular formula is C39H45NO8. The molecule has 2 aliphatic carbocycles. The van der Waals surface area contributed by atoms with Gasteiger partial charge in [-0.05, 0) is 87.8 Å². The Morgan fingerprint density at radius 3 is 2.62 bits per heavy atom. The van der Waals surface area contributed by atoms with Gasteiger partial charge in [-0.1, -0.05) is 61.4 Å². The zero-order chi connectivity index (χ0) is 33.6. The lowest BCUT2D eigenvalue weighted by Gasteiger charge is -2.53. The molecule has 4 heterocycles. The number of anilines is 1. The molecule has 0 radical (unpaired) electrons. The lowest BCUT2D eigenvalue weighted by molar-refractivity contribution is -0.315. The molecule has 1 amide bonds. The molecule has 254 valence electrons. The predicted octanol–water partition coefficient (Wildman–Crippen LogP) is 5.81. The molecule has 1 aromatic rings. The zero-order valence-electron chi connectivity index (χ0n) is 27.8. The van der Waals surface area contributed by atoms with E-state index in [2.05, 4.69) is 18.2 Å². The van der Waals surface area contributed by atoms with Gasteiger partial charge in [0, 0.05) is 30.6 Å². The van der Waals surface area contributed by atoms with E-state index in [-0.39, 0.29) is 53.9 Å². The standard InChI is InChI=1S/C39H45NO8/c1-3-5-7-8-9-11-15-25-20-31-38(23-32(42)40-19-18-24-14-12-13-16-28(24)40)22-27-33(36(44)46-35(27)43)34-26(25)21-30(29(41)17-10-6-4-2)47-39(31,34)48-37(38)45/h3-6,12-14,16,20,25-26,30,34,37,45H,7-11,15,17-19,21-23H2,1-2H3/b5-3+,6-4+/t25-,26+,30-,34+,37+,38+,39+/m1/s1. The summed E-state index contributed by atoms with van der Waals surface area (Å²) in [5, 5.41) is 12.0. The highest BCUT2D eigenvalue weighted by atomic mass is 16.8. The van der Waals surface area contributed by atoms with Crippen LogP contribution in [0.15, 0.2) is 71.4 Å². The first kappa shape index (κ1) is 32.9. The van der Waals surface area contributed by atoms with Gasteiger partial charge in [0.15, 0.2) is 12.1 Å². The number of cyclic esters (lactones) is 2. The van der Waals surface area contributed by atoms with Crippen molar-refractivity contribution in [2.45, 2.75) is 103 Å². The van der Waals surface area contributed by atoms with E-state index in [1.54, 1.807) is 4.90 Å². The fourth-order valence-electron chi connectivity index (χ4n) is 9.25. The van der Waals surface area contributed by atoms with Crippen LogP contribution in [-0.2, 0) is 39.8 Å². The van der Waals surface area contributed by atoms with E-state index in [1.165, 1.54) is 0 Å². The van der Waals surface area contributed by atoms with E-state index in [4.69, 9.17) is 14.2 Å². The maximum atomic E-state index is 14.3. The Balaban J connectivity index is 1.32. The van der Waals surface area contributed by atoms with E-state index < -0.39 is 41.5 Å². The minimum Gasteiger partial charge on any atom is -0.386 e. The average molecular weight is 656 g/mol. The Morgan fingerprint density at radius 2 is 1.81 bits per heavy atom. The highest BCUT2D eigenvalue weighted by molar-refractivity contribution is 6.13. The number of aliphatic hydroxyl groups excluding tert-OH is 1. The number of ether oxygens (including phenoxy) is 3. The Bertz CT molecular complexity index is 1640. The normalized spacial score (nSPS) is 33.3. The number of rotatable bonds is 12. The Morgan fingerprint density at radius 1 is 1.02 bits per heavy atom. The number of carbonyl (C=O) groups is 4. The molecule has 7 atom stereocenters. The molecule has 2 fully saturated rings. The minimum atomic E-state index is -1.67. The van der Waals surface area contributed by atoms with E-state index in [1.807, 2.05) is 50.3 Å². The molecule has 6 aliphatic rings. The van der Waals surface area contributed by atoms with Gasteiger partial charge in [-0.2, -0.15) is 0 Å². The topological polar surface area (TPSA) is 119 Å². The smallest absolute Gasteiger partial charge is 0.342 e. The Kier molecular flexibility index (Phi) is 8.89. The number of carbonyl (C=O) groups excluding carboxylic acids is 4. The van der Waals surface area contributed by atoms with Crippen LogP contribution in [0, 0.1) is 23.2 Å². The number of Topliss-reactive ketones (excluding diaryl/α,β-unsaturated/α-hetero) is 1. The van der Waals surface area contributed by atoms with Crippen molar-refractivity contribution in [2.75, 3.05) is 11.4 Å². The van der Waals surface area contributed by atoms with Crippen LogP contribution in [-0.4, -0.2) is 53.5 Å². The largest absolute Gasteiger partial charge is 0.386 e. The summed E-state index contributed by atoms with van der Waals surface area (Å²) in [6.07, 6.45) is 14.3. The van der Waals surface area contributed by atoms with Crippen LogP contribution in [0.5, 0.6) is 0 Å². The molecule has 2 saturated heterocycles. The first-order valence-corrected chi connectivity index (χ1v) is 17.6. The molecule has 9 nitrogen and oxygen atoms in total. The molecule has 1 spiro atoms. The molecule has 1 aromatic carbocycles. The molecule has 0 aromatic heterocycles. The SMILES string of the molecule is C/C=C/CCCCC[C@@H]1C=C2[C@@]3(CC(=O)N4CCc5ccccc54)CC4=C(C(=O)OC4=O)[C@@H]4[C@H]1C[C@H](C(=O)CC/C=C/C)O[C@]24O[C@@H]3O. The number of esters is 2. The number of hydrogen-bond acceptors (Lipinski definition) is 8. The summed E-state index contributed by atoms with van der Waals surface area (Å²) in [6, 6.07) is 7.78. The summed E-state index contributed by atoms with van der Waals surface area (Å²) < 4.78 is 18.5. The van der Waals surface area contributed by atoms with Gasteiger partial charge in [0.1, 0.15) is 6.10 Å². The van der Waals surface area contributed by atoms with Crippen LogP contribution in [0.2, 0.25) is 0 Å². The van der Waals surface area contributed by atoms with E-state index in [0.29, 0.717) is 25.0 Å².